The number of aliphatic hydroxyl groups excluding tert-OH is 1. The molecule has 2 aromatic rings. The van der Waals surface area contributed by atoms with E-state index in [1.165, 1.54) is 0 Å². The molecule has 7 nitrogen and oxygen atoms in total. The minimum atomic E-state index is -0.616. The number of aliphatic hydroxyl groups is 1. The second-order valence-corrected chi connectivity index (χ2v) is 7.51. The van der Waals surface area contributed by atoms with Crippen molar-refractivity contribution in [3.05, 3.63) is 47.2 Å². The molecule has 0 spiro atoms. The highest BCUT2D eigenvalue weighted by Crippen LogP contribution is 2.37. The monoisotopic (exact) mass is 397 g/mol. The first-order valence-electron chi connectivity index (χ1n) is 9.85. The molecule has 7 heteroatoms. The number of hydrogen-bond donors (Lipinski definition) is 2. The number of aryl methyl sites for hydroxylation is 1. The maximum absolute atomic E-state index is 12.4. The second-order valence-electron chi connectivity index (χ2n) is 7.51. The van der Waals surface area contributed by atoms with Crippen molar-refractivity contribution in [2.75, 3.05) is 18.1 Å². The SMILES string of the molecule is CCC[C@@H]1COC(=O)N1c1cc(C(N)=O)c([C@H](C)CO)c(-c2ccc(C)cn2)c1. The fraction of sp³-hybridized carbons (Fsp3) is 0.409. The summed E-state index contributed by atoms with van der Waals surface area (Å²) in [5, 5.41) is 9.79. The van der Waals surface area contributed by atoms with Gasteiger partial charge in [0, 0.05) is 35.5 Å². The molecule has 154 valence electrons. The molecular formula is C22H27N3O4. The molecule has 0 bridgehead atoms. The van der Waals surface area contributed by atoms with E-state index in [1.807, 2.05) is 39.0 Å². The van der Waals surface area contributed by atoms with E-state index in [9.17, 15) is 14.7 Å². The van der Waals surface area contributed by atoms with Crippen molar-refractivity contribution < 1.29 is 19.4 Å². The van der Waals surface area contributed by atoms with Gasteiger partial charge in [0.15, 0.2) is 0 Å². The molecule has 0 aliphatic carbocycles. The molecule has 0 radical (unpaired) electrons. The third-order valence-electron chi connectivity index (χ3n) is 5.25. The number of primary amides is 1. The van der Waals surface area contributed by atoms with Crippen LogP contribution in [0.15, 0.2) is 30.5 Å². The van der Waals surface area contributed by atoms with Crippen LogP contribution in [-0.4, -0.2) is 41.3 Å². The lowest BCUT2D eigenvalue weighted by Gasteiger charge is -2.25. The van der Waals surface area contributed by atoms with Crippen LogP contribution in [0.4, 0.5) is 10.5 Å². The number of carbonyl (C=O) groups excluding carboxylic acids is 2. The number of cyclic esters (lactones) is 1. The molecule has 0 unspecified atom stereocenters. The van der Waals surface area contributed by atoms with Gasteiger partial charge >= 0.3 is 6.09 Å². The minimum absolute atomic E-state index is 0.104. The van der Waals surface area contributed by atoms with Crippen LogP contribution in [0.5, 0.6) is 0 Å². The molecule has 3 rings (SSSR count). The Bertz CT molecular complexity index is 911. The topological polar surface area (TPSA) is 106 Å². The Kier molecular flexibility index (Phi) is 6.17. The van der Waals surface area contributed by atoms with Gasteiger partial charge in [-0.05, 0) is 42.7 Å². The van der Waals surface area contributed by atoms with Crippen LogP contribution >= 0.6 is 0 Å². The number of carbonyl (C=O) groups is 2. The van der Waals surface area contributed by atoms with Crippen molar-refractivity contribution in [3.63, 3.8) is 0 Å². The normalized spacial score (nSPS) is 17.3. The lowest BCUT2D eigenvalue weighted by atomic mass is 9.88. The average Bonchev–Trinajstić information content (AvgIpc) is 3.07. The smallest absolute Gasteiger partial charge is 0.414 e. The Morgan fingerprint density at radius 3 is 2.76 bits per heavy atom. The molecule has 1 saturated heterocycles. The standard InChI is InChI=1S/C22H27N3O4/c1-4-5-15-12-29-22(28)25(15)16-8-17(19-7-6-13(2)10-24-19)20(14(3)11-26)18(9-16)21(23)27/h6-10,14-15,26H,4-5,11-12H2,1-3H3,(H2,23,27)/t14-,15-/m1/s1. The zero-order valence-electron chi connectivity index (χ0n) is 17.0. The number of benzene rings is 1. The fourth-order valence-corrected chi connectivity index (χ4v) is 3.76. The molecule has 1 fully saturated rings. The molecule has 1 aliphatic heterocycles. The minimum Gasteiger partial charge on any atom is -0.447 e. The van der Waals surface area contributed by atoms with Crippen LogP contribution in [0.3, 0.4) is 0 Å². The molecule has 1 aromatic heterocycles. The number of ether oxygens (including phenoxy) is 1. The lowest BCUT2D eigenvalue weighted by molar-refractivity contribution is 0.0998. The van der Waals surface area contributed by atoms with Crippen LogP contribution in [-0.2, 0) is 4.74 Å². The molecule has 3 N–H and O–H groups in total. The summed E-state index contributed by atoms with van der Waals surface area (Å²) in [6, 6.07) is 7.14. The van der Waals surface area contributed by atoms with E-state index >= 15 is 0 Å². The summed E-state index contributed by atoms with van der Waals surface area (Å²) in [6.07, 6.45) is 2.98. The summed E-state index contributed by atoms with van der Waals surface area (Å²) in [5.41, 5.74) is 9.47. The molecule has 2 heterocycles. The van der Waals surface area contributed by atoms with Gasteiger partial charge in [-0.15, -0.1) is 0 Å². The predicted molar refractivity (Wildman–Crippen MR) is 111 cm³/mol. The lowest BCUT2D eigenvalue weighted by Crippen LogP contribution is -2.33. The number of pyridine rings is 1. The van der Waals surface area contributed by atoms with Crippen LogP contribution < -0.4 is 10.6 Å². The second kappa shape index (κ2) is 8.61. The quantitative estimate of drug-likeness (QED) is 0.745. The first kappa shape index (κ1) is 20.8. The van der Waals surface area contributed by atoms with Gasteiger partial charge in [-0.25, -0.2) is 4.79 Å². The number of aromatic nitrogens is 1. The summed E-state index contributed by atoms with van der Waals surface area (Å²) < 4.78 is 5.26. The van der Waals surface area contributed by atoms with Gasteiger partial charge in [0.2, 0.25) is 5.91 Å². The predicted octanol–water partition coefficient (Wildman–Crippen LogP) is 3.38. The molecule has 0 saturated carbocycles. The van der Waals surface area contributed by atoms with Crippen molar-refractivity contribution in [2.24, 2.45) is 5.73 Å². The Labute approximate surface area is 170 Å². The number of nitrogens with zero attached hydrogens (tertiary/aromatic N) is 2. The van der Waals surface area contributed by atoms with E-state index in [-0.39, 0.29) is 24.1 Å². The summed E-state index contributed by atoms with van der Waals surface area (Å²) in [7, 11) is 0. The van der Waals surface area contributed by atoms with Gasteiger partial charge in [-0.2, -0.15) is 0 Å². The summed E-state index contributed by atoms with van der Waals surface area (Å²) in [4.78, 5) is 30.8. The first-order valence-corrected chi connectivity index (χ1v) is 9.85. The third kappa shape index (κ3) is 4.10. The van der Waals surface area contributed by atoms with Gasteiger partial charge in [-0.1, -0.05) is 26.3 Å². The Hall–Kier alpha value is -2.93. The summed E-state index contributed by atoms with van der Waals surface area (Å²) in [5.74, 6) is -0.947. The van der Waals surface area contributed by atoms with Crippen molar-refractivity contribution >= 4 is 17.7 Å². The van der Waals surface area contributed by atoms with Crippen molar-refractivity contribution in [2.45, 2.75) is 45.6 Å². The zero-order chi connectivity index (χ0) is 21.1. The molecule has 2 atom stereocenters. The van der Waals surface area contributed by atoms with Crippen LogP contribution in [0.1, 0.15) is 54.1 Å². The molecule has 2 amide bonds. The van der Waals surface area contributed by atoms with E-state index < -0.39 is 12.0 Å². The van der Waals surface area contributed by atoms with Gasteiger partial charge in [0.05, 0.1) is 11.7 Å². The van der Waals surface area contributed by atoms with Gasteiger partial charge in [0.1, 0.15) is 6.61 Å². The third-order valence-corrected chi connectivity index (χ3v) is 5.25. The van der Waals surface area contributed by atoms with Gasteiger partial charge < -0.3 is 15.6 Å². The summed E-state index contributed by atoms with van der Waals surface area (Å²) in [6.45, 7) is 5.97. The van der Waals surface area contributed by atoms with E-state index in [0.29, 0.717) is 29.1 Å². The van der Waals surface area contributed by atoms with Crippen LogP contribution in [0.2, 0.25) is 0 Å². The van der Waals surface area contributed by atoms with Gasteiger partial charge in [0.25, 0.3) is 0 Å². The van der Waals surface area contributed by atoms with E-state index in [1.54, 1.807) is 17.2 Å². The fourth-order valence-electron chi connectivity index (χ4n) is 3.76. The maximum atomic E-state index is 12.4. The zero-order valence-corrected chi connectivity index (χ0v) is 17.0. The Balaban J connectivity index is 2.25. The maximum Gasteiger partial charge on any atom is 0.414 e. The largest absolute Gasteiger partial charge is 0.447 e. The number of rotatable bonds is 7. The van der Waals surface area contributed by atoms with Gasteiger partial charge in [-0.3, -0.25) is 14.7 Å². The number of nitrogens with two attached hydrogens (primary N) is 1. The molecule has 1 aliphatic rings. The van der Waals surface area contributed by atoms with Crippen molar-refractivity contribution in [3.8, 4) is 11.3 Å². The van der Waals surface area contributed by atoms with E-state index in [2.05, 4.69) is 4.98 Å². The first-order chi connectivity index (χ1) is 13.9. The van der Waals surface area contributed by atoms with Crippen LogP contribution in [0.25, 0.3) is 11.3 Å². The number of anilines is 1. The summed E-state index contributed by atoms with van der Waals surface area (Å²) >= 11 is 0. The number of amides is 2. The Morgan fingerprint density at radius 1 is 1.41 bits per heavy atom. The van der Waals surface area contributed by atoms with Crippen molar-refractivity contribution in [1.29, 1.82) is 0 Å². The highest BCUT2D eigenvalue weighted by molar-refractivity contribution is 6.00. The van der Waals surface area contributed by atoms with Crippen LogP contribution in [0, 0.1) is 6.92 Å². The average molecular weight is 397 g/mol. The highest BCUT2D eigenvalue weighted by atomic mass is 16.6. The number of hydrogen-bond acceptors (Lipinski definition) is 5. The molecule has 1 aromatic carbocycles. The Morgan fingerprint density at radius 2 is 2.17 bits per heavy atom. The van der Waals surface area contributed by atoms with Crippen molar-refractivity contribution in [1.82, 2.24) is 4.98 Å². The molecular weight excluding hydrogens is 370 g/mol. The molecule has 29 heavy (non-hydrogen) atoms. The van der Waals surface area contributed by atoms with E-state index in [4.69, 9.17) is 10.5 Å². The van der Waals surface area contributed by atoms with E-state index in [0.717, 1.165) is 18.4 Å². The highest BCUT2D eigenvalue weighted by Gasteiger charge is 2.35.